The van der Waals surface area contributed by atoms with Gasteiger partial charge in [-0.3, -0.25) is 0 Å². The maximum Gasteiger partial charge on any atom is 0.0264 e. The van der Waals surface area contributed by atoms with Gasteiger partial charge in [-0.15, -0.1) is 0 Å². The van der Waals surface area contributed by atoms with Crippen LogP contribution < -0.4 is 0 Å². The van der Waals surface area contributed by atoms with Crippen LogP contribution in [-0.4, -0.2) is 5.75 Å². The Kier molecular flexibility index (Phi) is 2.17. The normalized spacial score (nSPS) is 20.1. The number of hydrogen-bond acceptors (Lipinski definition) is 2. The minimum atomic E-state index is 0.399. The predicted octanol–water partition coefficient (Wildman–Crippen LogP) is 3.31. The molecule has 1 aliphatic heterocycles. The molecule has 9 heavy (non-hydrogen) atoms. The molecule has 0 unspecified atom stereocenters. The monoisotopic (exact) mass is 160 g/mol. The van der Waals surface area contributed by atoms with E-state index in [0.29, 0.717) is 5.41 Å². The molecule has 0 fully saturated rings. The lowest BCUT2D eigenvalue weighted by molar-refractivity contribution is 0.508. The van der Waals surface area contributed by atoms with E-state index in [1.54, 1.807) is 5.57 Å². The van der Waals surface area contributed by atoms with Crippen LogP contribution in [0.3, 0.4) is 0 Å². The highest BCUT2D eigenvalue weighted by atomic mass is 33.1. The second-order valence-electron chi connectivity index (χ2n) is 3.25. The van der Waals surface area contributed by atoms with Gasteiger partial charge in [-0.05, 0) is 16.4 Å². The van der Waals surface area contributed by atoms with Crippen molar-refractivity contribution in [1.82, 2.24) is 0 Å². The highest BCUT2D eigenvalue weighted by Crippen LogP contribution is 2.41. The topological polar surface area (TPSA) is 0 Å². The van der Waals surface area contributed by atoms with Crippen molar-refractivity contribution in [3.63, 3.8) is 0 Å². The first-order valence-electron chi connectivity index (χ1n) is 3.08. The highest BCUT2D eigenvalue weighted by Gasteiger charge is 2.19. The van der Waals surface area contributed by atoms with Gasteiger partial charge in [-0.2, -0.15) is 0 Å². The van der Waals surface area contributed by atoms with Crippen LogP contribution in [0.5, 0.6) is 0 Å². The van der Waals surface area contributed by atoms with E-state index in [2.05, 4.69) is 26.2 Å². The zero-order valence-corrected chi connectivity index (χ0v) is 7.73. The van der Waals surface area contributed by atoms with Gasteiger partial charge in [0.1, 0.15) is 0 Å². The lowest BCUT2D eigenvalue weighted by atomic mass is 9.89. The molecule has 0 saturated heterocycles. The Morgan fingerprint density at radius 2 is 2.11 bits per heavy atom. The third kappa shape index (κ3) is 1.94. The van der Waals surface area contributed by atoms with Crippen LogP contribution in [-0.2, 0) is 0 Å². The van der Waals surface area contributed by atoms with Crippen molar-refractivity contribution in [2.24, 2.45) is 5.41 Å². The minimum Gasteiger partial charge on any atom is -0.0850 e. The van der Waals surface area contributed by atoms with E-state index in [1.807, 2.05) is 21.6 Å². The van der Waals surface area contributed by atoms with Crippen molar-refractivity contribution in [2.75, 3.05) is 5.75 Å². The van der Waals surface area contributed by atoms with E-state index in [0.717, 1.165) is 0 Å². The van der Waals surface area contributed by atoms with Gasteiger partial charge in [0.25, 0.3) is 0 Å². The maximum atomic E-state index is 2.28. The summed E-state index contributed by atoms with van der Waals surface area (Å²) in [6, 6.07) is 0. The second kappa shape index (κ2) is 2.59. The quantitative estimate of drug-likeness (QED) is 0.499. The second-order valence-corrected chi connectivity index (χ2v) is 5.49. The summed E-state index contributed by atoms with van der Waals surface area (Å²) in [4.78, 5) is 0. The van der Waals surface area contributed by atoms with E-state index in [-0.39, 0.29) is 0 Å². The zero-order chi connectivity index (χ0) is 6.91. The fourth-order valence-electron chi connectivity index (χ4n) is 0.617. The van der Waals surface area contributed by atoms with Crippen molar-refractivity contribution in [3.8, 4) is 0 Å². The standard InChI is InChI=1S/C7H12S2/c1-7(2,3)6-4-8-9-5-6/h4H,5H2,1-3H3. The molecule has 0 aliphatic carbocycles. The molecule has 0 saturated carbocycles. The Morgan fingerprint density at radius 1 is 1.44 bits per heavy atom. The third-order valence-electron chi connectivity index (χ3n) is 1.44. The van der Waals surface area contributed by atoms with Gasteiger partial charge in [0.05, 0.1) is 0 Å². The van der Waals surface area contributed by atoms with Crippen molar-refractivity contribution >= 4 is 21.6 Å². The minimum absolute atomic E-state index is 0.399. The first kappa shape index (κ1) is 7.55. The predicted molar refractivity (Wildman–Crippen MR) is 47.6 cm³/mol. The Bertz CT molecular complexity index is 130. The van der Waals surface area contributed by atoms with Gasteiger partial charge in [-0.1, -0.05) is 42.4 Å². The summed E-state index contributed by atoms with van der Waals surface area (Å²) < 4.78 is 0. The van der Waals surface area contributed by atoms with Gasteiger partial charge in [0.2, 0.25) is 0 Å². The molecule has 52 valence electrons. The Hall–Kier alpha value is 0.440. The molecule has 1 aliphatic rings. The van der Waals surface area contributed by atoms with E-state index in [9.17, 15) is 0 Å². The molecule has 0 N–H and O–H groups in total. The molecule has 0 spiro atoms. The summed E-state index contributed by atoms with van der Waals surface area (Å²) in [7, 11) is 3.80. The zero-order valence-electron chi connectivity index (χ0n) is 6.10. The van der Waals surface area contributed by atoms with Gasteiger partial charge < -0.3 is 0 Å². The Labute approximate surface area is 64.9 Å². The van der Waals surface area contributed by atoms with Crippen LogP contribution in [0.2, 0.25) is 0 Å². The van der Waals surface area contributed by atoms with Crippen LogP contribution in [0.25, 0.3) is 0 Å². The highest BCUT2D eigenvalue weighted by molar-refractivity contribution is 8.78. The lowest BCUT2D eigenvalue weighted by Gasteiger charge is -2.18. The number of rotatable bonds is 0. The molecular formula is C7H12S2. The third-order valence-corrected chi connectivity index (χ3v) is 3.43. The average Bonchev–Trinajstić information content (AvgIpc) is 2.08. The van der Waals surface area contributed by atoms with E-state index in [4.69, 9.17) is 0 Å². The van der Waals surface area contributed by atoms with Crippen LogP contribution in [0, 0.1) is 5.41 Å². The summed E-state index contributed by atoms with van der Waals surface area (Å²) in [5.74, 6) is 1.22. The van der Waals surface area contributed by atoms with Crippen LogP contribution in [0.15, 0.2) is 11.0 Å². The van der Waals surface area contributed by atoms with Crippen molar-refractivity contribution < 1.29 is 0 Å². The van der Waals surface area contributed by atoms with Gasteiger partial charge in [-0.25, -0.2) is 0 Å². The summed E-state index contributed by atoms with van der Waals surface area (Å²) in [6.07, 6.45) is 0. The van der Waals surface area contributed by atoms with E-state index < -0.39 is 0 Å². The molecule has 0 aromatic rings. The van der Waals surface area contributed by atoms with Gasteiger partial charge in [0, 0.05) is 5.75 Å². The van der Waals surface area contributed by atoms with Crippen LogP contribution in [0.1, 0.15) is 20.8 Å². The molecular weight excluding hydrogens is 148 g/mol. The molecule has 0 atom stereocenters. The molecule has 0 aromatic heterocycles. The van der Waals surface area contributed by atoms with E-state index in [1.165, 1.54) is 5.75 Å². The van der Waals surface area contributed by atoms with Crippen LogP contribution >= 0.6 is 21.6 Å². The molecule has 0 radical (unpaired) electrons. The smallest absolute Gasteiger partial charge is 0.0264 e. The van der Waals surface area contributed by atoms with Crippen LogP contribution in [0.4, 0.5) is 0 Å². The average molecular weight is 160 g/mol. The summed E-state index contributed by atoms with van der Waals surface area (Å²) >= 11 is 0. The maximum absolute atomic E-state index is 2.28. The Morgan fingerprint density at radius 3 is 2.33 bits per heavy atom. The summed E-state index contributed by atoms with van der Waals surface area (Å²) in [6.45, 7) is 6.81. The van der Waals surface area contributed by atoms with Gasteiger partial charge in [0.15, 0.2) is 0 Å². The summed E-state index contributed by atoms with van der Waals surface area (Å²) in [5.41, 5.74) is 1.98. The largest absolute Gasteiger partial charge is 0.0850 e. The van der Waals surface area contributed by atoms with Crippen molar-refractivity contribution in [1.29, 1.82) is 0 Å². The first-order chi connectivity index (χ1) is 4.11. The molecule has 1 heterocycles. The van der Waals surface area contributed by atoms with E-state index >= 15 is 0 Å². The molecule has 1 rings (SSSR count). The van der Waals surface area contributed by atoms with Gasteiger partial charge >= 0.3 is 0 Å². The SMILES string of the molecule is CC(C)(C)C1=CSSC1. The molecule has 0 bridgehead atoms. The summed E-state index contributed by atoms with van der Waals surface area (Å²) in [5, 5.41) is 2.28. The number of hydrogen-bond donors (Lipinski definition) is 0. The molecule has 2 heteroatoms. The molecule has 0 amide bonds. The Balaban J connectivity index is 2.61. The van der Waals surface area contributed by atoms with Crippen molar-refractivity contribution in [3.05, 3.63) is 11.0 Å². The molecule has 0 aromatic carbocycles. The first-order valence-corrected chi connectivity index (χ1v) is 5.47. The fourth-order valence-corrected chi connectivity index (χ4v) is 3.19. The lowest BCUT2D eigenvalue weighted by Crippen LogP contribution is -2.08. The van der Waals surface area contributed by atoms with Crippen molar-refractivity contribution in [2.45, 2.75) is 20.8 Å². The fraction of sp³-hybridized carbons (Fsp3) is 0.714. The molecule has 0 nitrogen and oxygen atoms in total.